The van der Waals surface area contributed by atoms with Crippen molar-refractivity contribution in [2.24, 2.45) is 17.3 Å². The smallest absolute Gasteiger partial charge is 0.225 e. The van der Waals surface area contributed by atoms with Crippen LogP contribution in [0, 0.1) is 17.3 Å². The van der Waals surface area contributed by atoms with Gasteiger partial charge in [-0.1, -0.05) is 30.3 Å². The Bertz CT molecular complexity index is 622. The summed E-state index contributed by atoms with van der Waals surface area (Å²) in [4.78, 5) is 17.4. The molecule has 148 valence electrons. The summed E-state index contributed by atoms with van der Waals surface area (Å²) in [7, 11) is 0. The molecule has 1 N–H and O–H groups in total. The number of aliphatic hydroxyl groups excluding tert-OH is 1. The lowest BCUT2D eigenvalue weighted by atomic mass is 9.71. The summed E-state index contributed by atoms with van der Waals surface area (Å²) in [6.45, 7) is 6.30. The molecule has 3 fully saturated rings. The van der Waals surface area contributed by atoms with E-state index in [1.807, 2.05) is 0 Å². The number of ether oxygens (including phenoxy) is 1. The zero-order valence-corrected chi connectivity index (χ0v) is 16.2. The van der Waals surface area contributed by atoms with Crippen molar-refractivity contribution >= 4 is 5.91 Å². The van der Waals surface area contributed by atoms with Crippen molar-refractivity contribution in [1.82, 2.24) is 9.80 Å². The maximum atomic E-state index is 12.8. The molecule has 0 bridgehead atoms. The first-order valence-electron chi connectivity index (χ1n) is 10.4. The van der Waals surface area contributed by atoms with Gasteiger partial charge in [-0.05, 0) is 36.7 Å². The van der Waals surface area contributed by atoms with Gasteiger partial charge in [0, 0.05) is 64.4 Å². The van der Waals surface area contributed by atoms with Crippen LogP contribution in [-0.4, -0.2) is 66.8 Å². The van der Waals surface area contributed by atoms with Crippen LogP contribution in [0.3, 0.4) is 0 Å². The molecular weight excluding hydrogens is 340 g/mol. The average molecular weight is 373 g/mol. The van der Waals surface area contributed by atoms with Crippen LogP contribution in [0.4, 0.5) is 0 Å². The van der Waals surface area contributed by atoms with Gasteiger partial charge in [-0.15, -0.1) is 0 Å². The summed E-state index contributed by atoms with van der Waals surface area (Å²) >= 11 is 0. The Morgan fingerprint density at radius 1 is 1.15 bits per heavy atom. The molecule has 0 aromatic heterocycles. The van der Waals surface area contributed by atoms with E-state index in [1.54, 1.807) is 0 Å². The maximum Gasteiger partial charge on any atom is 0.225 e. The zero-order valence-electron chi connectivity index (χ0n) is 16.2. The van der Waals surface area contributed by atoms with Crippen LogP contribution in [0.2, 0.25) is 0 Å². The molecule has 27 heavy (non-hydrogen) atoms. The van der Waals surface area contributed by atoms with E-state index in [-0.39, 0.29) is 17.9 Å². The third kappa shape index (κ3) is 4.05. The minimum atomic E-state index is 0.152. The van der Waals surface area contributed by atoms with Crippen LogP contribution in [0.15, 0.2) is 30.3 Å². The fourth-order valence-corrected chi connectivity index (χ4v) is 5.30. The van der Waals surface area contributed by atoms with Gasteiger partial charge in [-0.2, -0.15) is 0 Å². The minimum absolute atomic E-state index is 0.152. The number of likely N-dealkylation sites (tertiary alicyclic amines) is 2. The highest BCUT2D eigenvalue weighted by Gasteiger charge is 2.48. The number of piperidine rings is 1. The lowest BCUT2D eigenvalue weighted by Crippen LogP contribution is -2.49. The van der Waals surface area contributed by atoms with Gasteiger partial charge in [0.1, 0.15) is 0 Å². The summed E-state index contributed by atoms with van der Waals surface area (Å²) in [5.41, 5.74) is 1.49. The van der Waals surface area contributed by atoms with Gasteiger partial charge in [0.05, 0.1) is 0 Å². The minimum Gasteiger partial charge on any atom is -0.396 e. The lowest BCUT2D eigenvalue weighted by molar-refractivity contribution is -0.141. The van der Waals surface area contributed by atoms with Crippen molar-refractivity contribution in [3.63, 3.8) is 0 Å². The van der Waals surface area contributed by atoms with Gasteiger partial charge < -0.3 is 14.7 Å². The molecule has 5 heteroatoms. The second kappa shape index (κ2) is 8.29. The van der Waals surface area contributed by atoms with E-state index in [1.165, 1.54) is 5.56 Å². The van der Waals surface area contributed by atoms with Crippen LogP contribution >= 0.6 is 0 Å². The van der Waals surface area contributed by atoms with Crippen LogP contribution in [0.25, 0.3) is 0 Å². The Hall–Kier alpha value is -1.43. The molecule has 5 nitrogen and oxygen atoms in total. The predicted molar refractivity (Wildman–Crippen MR) is 104 cm³/mol. The highest BCUT2D eigenvalue weighted by molar-refractivity contribution is 5.79. The first-order chi connectivity index (χ1) is 13.2. The number of hydrogen-bond acceptors (Lipinski definition) is 4. The van der Waals surface area contributed by atoms with Crippen molar-refractivity contribution < 1.29 is 14.6 Å². The molecular formula is C22H32N2O3. The Balaban J connectivity index is 1.36. The molecule has 0 aliphatic carbocycles. The van der Waals surface area contributed by atoms with Crippen molar-refractivity contribution in [2.45, 2.75) is 32.2 Å². The van der Waals surface area contributed by atoms with E-state index in [0.717, 1.165) is 71.6 Å². The van der Waals surface area contributed by atoms with Gasteiger partial charge in [-0.25, -0.2) is 0 Å². The van der Waals surface area contributed by atoms with E-state index in [9.17, 15) is 9.90 Å². The number of aliphatic hydroxyl groups is 1. The van der Waals surface area contributed by atoms with Crippen molar-refractivity contribution in [2.75, 3.05) is 46.0 Å². The number of benzene rings is 1. The van der Waals surface area contributed by atoms with E-state index < -0.39 is 0 Å². The fourth-order valence-electron chi connectivity index (χ4n) is 5.30. The monoisotopic (exact) mass is 372 g/mol. The lowest BCUT2D eigenvalue weighted by Gasteiger charge is -2.43. The molecule has 0 saturated carbocycles. The number of rotatable bonds is 4. The molecule has 3 aliphatic rings. The van der Waals surface area contributed by atoms with E-state index in [4.69, 9.17) is 4.74 Å². The van der Waals surface area contributed by atoms with E-state index >= 15 is 0 Å². The first-order valence-corrected chi connectivity index (χ1v) is 10.4. The Kier molecular flexibility index (Phi) is 5.81. The van der Waals surface area contributed by atoms with Gasteiger partial charge in [-0.3, -0.25) is 9.69 Å². The number of carbonyl (C=O) groups is 1. The van der Waals surface area contributed by atoms with Gasteiger partial charge in [0.2, 0.25) is 5.91 Å². The third-order valence-corrected chi connectivity index (χ3v) is 6.99. The molecule has 3 heterocycles. The molecule has 1 unspecified atom stereocenters. The summed E-state index contributed by atoms with van der Waals surface area (Å²) in [5.74, 6) is 0.800. The molecule has 1 spiro atoms. The number of carbonyl (C=O) groups excluding carboxylic acids is 1. The second-order valence-corrected chi connectivity index (χ2v) is 8.61. The molecule has 4 rings (SSSR count). The van der Waals surface area contributed by atoms with Gasteiger partial charge in [0.15, 0.2) is 0 Å². The topological polar surface area (TPSA) is 53.0 Å². The molecule has 1 amide bonds. The van der Waals surface area contributed by atoms with Crippen molar-refractivity contribution in [3.05, 3.63) is 35.9 Å². The third-order valence-electron chi connectivity index (χ3n) is 6.99. The van der Waals surface area contributed by atoms with Gasteiger partial charge >= 0.3 is 0 Å². The normalized spacial score (nSPS) is 26.6. The maximum absolute atomic E-state index is 12.8. The highest BCUT2D eigenvalue weighted by atomic mass is 16.5. The molecule has 1 aromatic rings. The zero-order chi connectivity index (χ0) is 18.7. The highest BCUT2D eigenvalue weighted by Crippen LogP contribution is 2.45. The van der Waals surface area contributed by atoms with Crippen LogP contribution < -0.4 is 0 Å². The SMILES string of the molecule is O=C(C1CCOCC1)N1CCC2(CC1)CN(Cc1ccccc1)CC2CO. The Labute approximate surface area is 162 Å². The first kappa shape index (κ1) is 18.9. The largest absolute Gasteiger partial charge is 0.396 e. The summed E-state index contributed by atoms with van der Waals surface area (Å²) in [6, 6.07) is 10.6. The molecule has 1 atom stereocenters. The number of amides is 1. The van der Waals surface area contributed by atoms with E-state index in [2.05, 4.69) is 40.1 Å². The van der Waals surface area contributed by atoms with Crippen LogP contribution in [-0.2, 0) is 16.1 Å². The quantitative estimate of drug-likeness (QED) is 0.880. The Morgan fingerprint density at radius 2 is 1.85 bits per heavy atom. The summed E-state index contributed by atoms with van der Waals surface area (Å²) < 4.78 is 5.40. The van der Waals surface area contributed by atoms with Crippen LogP contribution in [0.1, 0.15) is 31.2 Å². The summed E-state index contributed by atoms with van der Waals surface area (Å²) in [5, 5.41) is 10.0. The standard InChI is InChI=1S/C22H32N2O3/c25-16-20-15-23(14-18-4-2-1-3-5-18)17-22(20)8-10-24(11-9-22)21(26)19-6-12-27-13-7-19/h1-5,19-20,25H,6-17H2. The Morgan fingerprint density at radius 3 is 2.52 bits per heavy atom. The summed E-state index contributed by atoms with van der Waals surface area (Å²) in [6.07, 6.45) is 3.76. The molecule has 0 radical (unpaired) electrons. The molecule has 3 aliphatic heterocycles. The van der Waals surface area contributed by atoms with Gasteiger partial charge in [0.25, 0.3) is 0 Å². The van der Waals surface area contributed by atoms with Crippen molar-refractivity contribution in [1.29, 1.82) is 0 Å². The number of nitrogens with zero attached hydrogens (tertiary/aromatic N) is 2. The molecule has 1 aromatic carbocycles. The van der Waals surface area contributed by atoms with Crippen LogP contribution in [0.5, 0.6) is 0 Å². The van der Waals surface area contributed by atoms with E-state index in [0.29, 0.717) is 11.8 Å². The second-order valence-electron chi connectivity index (χ2n) is 8.61. The average Bonchev–Trinajstić information content (AvgIpc) is 3.06. The predicted octanol–water partition coefficient (Wildman–Crippen LogP) is 2.15. The number of hydrogen-bond donors (Lipinski definition) is 1. The van der Waals surface area contributed by atoms with Crippen molar-refractivity contribution in [3.8, 4) is 0 Å². The fraction of sp³-hybridized carbons (Fsp3) is 0.682. The molecule has 3 saturated heterocycles.